The van der Waals surface area contributed by atoms with Crippen molar-refractivity contribution in [1.29, 1.82) is 0 Å². The number of amides is 3. The van der Waals surface area contributed by atoms with Gasteiger partial charge in [0.2, 0.25) is 0 Å². The Morgan fingerprint density at radius 1 is 1.28 bits per heavy atom. The molecule has 1 atom stereocenters. The Balaban J connectivity index is 1.64. The first-order chi connectivity index (χ1) is 12.1. The molecule has 130 valence electrons. The number of carbonyl (C=O) groups is 2. The molecular weight excluding hydrogens is 325 g/mol. The number of carbonyl (C=O) groups excluding carboxylic acids is 2. The molecule has 2 aromatic rings. The zero-order chi connectivity index (χ0) is 17.4. The maximum atomic E-state index is 14.3. The van der Waals surface area contributed by atoms with Gasteiger partial charge in [0.25, 0.3) is 5.91 Å². The van der Waals surface area contributed by atoms with Crippen molar-refractivity contribution in [3.05, 3.63) is 53.7 Å². The molecule has 3 amide bonds. The lowest BCUT2D eigenvalue weighted by Crippen LogP contribution is -2.32. The summed E-state index contributed by atoms with van der Waals surface area (Å²) >= 11 is 0. The van der Waals surface area contributed by atoms with E-state index in [0.29, 0.717) is 31.1 Å². The van der Waals surface area contributed by atoms with E-state index < -0.39 is 5.82 Å². The van der Waals surface area contributed by atoms with Crippen LogP contribution in [0.2, 0.25) is 0 Å². The molecule has 1 N–H and O–H groups in total. The molecule has 1 aromatic heterocycles. The SMILES string of the molecule is O=C1NCCN1c1ccc(F)c(C(=O)N2CCCC2c2ccco2)c1. The van der Waals surface area contributed by atoms with Crippen LogP contribution in [0.15, 0.2) is 41.0 Å². The van der Waals surface area contributed by atoms with Gasteiger partial charge in [0.1, 0.15) is 11.6 Å². The van der Waals surface area contributed by atoms with E-state index in [-0.39, 0.29) is 23.5 Å². The summed E-state index contributed by atoms with van der Waals surface area (Å²) in [5.41, 5.74) is 0.504. The Kier molecular flexibility index (Phi) is 3.91. The summed E-state index contributed by atoms with van der Waals surface area (Å²) in [6, 6.07) is 7.42. The predicted molar refractivity (Wildman–Crippen MR) is 88.9 cm³/mol. The van der Waals surface area contributed by atoms with E-state index in [1.807, 2.05) is 6.07 Å². The summed E-state index contributed by atoms with van der Waals surface area (Å²) in [5.74, 6) is -0.252. The number of likely N-dealkylation sites (tertiary alicyclic amines) is 1. The Hall–Kier alpha value is -2.83. The fourth-order valence-corrected chi connectivity index (χ4v) is 3.50. The van der Waals surface area contributed by atoms with Crippen molar-refractivity contribution in [2.75, 3.05) is 24.5 Å². The van der Waals surface area contributed by atoms with E-state index in [9.17, 15) is 14.0 Å². The number of benzene rings is 1. The number of rotatable bonds is 3. The van der Waals surface area contributed by atoms with Crippen LogP contribution in [-0.2, 0) is 0 Å². The lowest BCUT2D eigenvalue weighted by molar-refractivity contribution is 0.0715. The minimum absolute atomic E-state index is 0.0179. The van der Waals surface area contributed by atoms with Crippen molar-refractivity contribution in [3.63, 3.8) is 0 Å². The molecule has 0 aliphatic carbocycles. The van der Waals surface area contributed by atoms with Crippen LogP contribution in [0.25, 0.3) is 0 Å². The van der Waals surface area contributed by atoms with Crippen molar-refractivity contribution in [1.82, 2.24) is 10.2 Å². The summed E-state index contributed by atoms with van der Waals surface area (Å²) in [6.07, 6.45) is 3.20. The largest absolute Gasteiger partial charge is 0.467 e. The van der Waals surface area contributed by atoms with Gasteiger partial charge in [0.05, 0.1) is 17.9 Å². The van der Waals surface area contributed by atoms with Crippen LogP contribution in [0.4, 0.5) is 14.9 Å². The fourth-order valence-electron chi connectivity index (χ4n) is 3.50. The highest BCUT2D eigenvalue weighted by molar-refractivity contribution is 5.99. The van der Waals surface area contributed by atoms with E-state index in [0.717, 1.165) is 12.8 Å². The second-order valence-corrected chi connectivity index (χ2v) is 6.22. The molecule has 25 heavy (non-hydrogen) atoms. The van der Waals surface area contributed by atoms with Gasteiger partial charge in [-0.3, -0.25) is 9.69 Å². The number of halogens is 1. The molecule has 2 aliphatic rings. The molecule has 1 aromatic carbocycles. The quantitative estimate of drug-likeness (QED) is 0.932. The number of urea groups is 1. The zero-order valence-corrected chi connectivity index (χ0v) is 13.6. The minimum atomic E-state index is -0.585. The van der Waals surface area contributed by atoms with Gasteiger partial charge in [-0.15, -0.1) is 0 Å². The molecule has 0 radical (unpaired) electrons. The van der Waals surface area contributed by atoms with Gasteiger partial charge in [-0.2, -0.15) is 0 Å². The van der Waals surface area contributed by atoms with Crippen LogP contribution in [-0.4, -0.2) is 36.5 Å². The molecule has 3 heterocycles. The van der Waals surface area contributed by atoms with Crippen molar-refractivity contribution in [3.8, 4) is 0 Å². The van der Waals surface area contributed by atoms with E-state index in [1.54, 1.807) is 17.2 Å². The second-order valence-electron chi connectivity index (χ2n) is 6.22. The van der Waals surface area contributed by atoms with Crippen LogP contribution < -0.4 is 10.2 Å². The van der Waals surface area contributed by atoms with Gasteiger partial charge in [-0.25, -0.2) is 9.18 Å². The number of hydrogen-bond acceptors (Lipinski definition) is 3. The van der Waals surface area contributed by atoms with Crippen molar-refractivity contribution >= 4 is 17.6 Å². The lowest BCUT2D eigenvalue weighted by Gasteiger charge is -2.24. The highest BCUT2D eigenvalue weighted by Gasteiger charge is 2.34. The number of anilines is 1. The molecule has 4 rings (SSSR count). The molecule has 0 saturated carbocycles. The van der Waals surface area contributed by atoms with Crippen molar-refractivity contribution < 1.29 is 18.4 Å². The second kappa shape index (κ2) is 6.23. The molecular formula is C18H18FN3O3. The highest BCUT2D eigenvalue weighted by Crippen LogP contribution is 2.34. The van der Waals surface area contributed by atoms with Gasteiger partial charge in [0.15, 0.2) is 0 Å². The first-order valence-corrected chi connectivity index (χ1v) is 8.34. The smallest absolute Gasteiger partial charge is 0.321 e. The van der Waals surface area contributed by atoms with Crippen LogP contribution in [0.1, 0.15) is 35.0 Å². The number of nitrogens with one attached hydrogen (secondary N) is 1. The summed E-state index contributed by atoms with van der Waals surface area (Å²) < 4.78 is 19.8. The third-order valence-corrected chi connectivity index (χ3v) is 4.73. The normalized spacial score (nSPS) is 20.2. The van der Waals surface area contributed by atoms with Gasteiger partial charge < -0.3 is 14.6 Å². The van der Waals surface area contributed by atoms with E-state index in [4.69, 9.17) is 4.42 Å². The summed E-state index contributed by atoms with van der Waals surface area (Å²) in [4.78, 5) is 27.9. The molecule has 2 fully saturated rings. The topological polar surface area (TPSA) is 65.8 Å². The Bertz CT molecular complexity index is 806. The third kappa shape index (κ3) is 2.75. The maximum Gasteiger partial charge on any atom is 0.321 e. The monoisotopic (exact) mass is 343 g/mol. The molecule has 7 heteroatoms. The Labute approximate surface area is 144 Å². The first kappa shape index (κ1) is 15.7. The number of furan rings is 1. The Morgan fingerprint density at radius 3 is 2.88 bits per heavy atom. The molecule has 2 saturated heterocycles. The van der Waals surface area contributed by atoms with E-state index in [2.05, 4.69) is 5.32 Å². The van der Waals surface area contributed by atoms with Gasteiger partial charge in [-0.1, -0.05) is 0 Å². The lowest BCUT2D eigenvalue weighted by atomic mass is 10.1. The number of hydrogen-bond donors (Lipinski definition) is 1. The molecule has 2 aliphatic heterocycles. The van der Waals surface area contributed by atoms with Crippen molar-refractivity contribution in [2.24, 2.45) is 0 Å². The third-order valence-electron chi connectivity index (χ3n) is 4.73. The average Bonchev–Trinajstić information content (AvgIpc) is 3.35. The first-order valence-electron chi connectivity index (χ1n) is 8.34. The predicted octanol–water partition coefficient (Wildman–Crippen LogP) is 2.93. The number of nitrogens with zero attached hydrogens (tertiary/aromatic N) is 2. The fraction of sp³-hybridized carbons (Fsp3) is 0.333. The van der Waals surface area contributed by atoms with Gasteiger partial charge >= 0.3 is 6.03 Å². The standard InChI is InChI=1S/C18H18FN3O3/c19-14-6-5-12(21-9-7-20-18(21)24)11-13(14)17(23)22-8-1-3-15(22)16-4-2-10-25-16/h2,4-6,10-11,15H,1,3,7-9H2,(H,20,24). The van der Waals surface area contributed by atoms with E-state index >= 15 is 0 Å². The van der Waals surface area contributed by atoms with Crippen LogP contribution in [0.3, 0.4) is 0 Å². The van der Waals surface area contributed by atoms with Crippen LogP contribution >= 0.6 is 0 Å². The van der Waals surface area contributed by atoms with Crippen LogP contribution in [0.5, 0.6) is 0 Å². The highest BCUT2D eigenvalue weighted by atomic mass is 19.1. The summed E-state index contributed by atoms with van der Waals surface area (Å²) in [5, 5.41) is 2.70. The molecule has 6 nitrogen and oxygen atoms in total. The zero-order valence-electron chi connectivity index (χ0n) is 13.6. The van der Waals surface area contributed by atoms with Gasteiger partial charge in [0, 0.05) is 25.3 Å². The van der Waals surface area contributed by atoms with Gasteiger partial charge in [-0.05, 0) is 43.2 Å². The van der Waals surface area contributed by atoms with E-state index in [1.165, 1.54) is 23.1 Å². The molecule has 1 unspecified atom stereocenters. The Morgan fingerprint density at radius 2 is 2.16 bits per heavy atom. The summed E-state index contributed by atoms with van der Waals surface area (Å²) in [6.45, 7) is 1.58. The van der Waals surface area contributed by atoms with Crippen LogP contribution in [0, 0.1) is 5.82 Å². The van der Waals surface area contributed by atoms with Crippen molar-refractivity contribution in [2.45, 2.75) is 18.9 Å². The maximum absolute atomic E-state index is 14.3. The molecule has 0 bridgehead atoms. The minimum Gasteiger partial charge on any atom is -0.467 e. The summed E-state index contributed by atoms with van der Waals surface area (Å²) in [7, 11) is 0. The molecule has 0 spiro atoms. The average molecular weight is 343 g/mol.